The van der Waals surface area contributed by atoms with Gasteiger partial charge in [0, 0.05) is 35.0 Å². The fourth-order valence-electron chi connectivity index (χ4n) is 3.19. The van der Waals surface area contributed by atoms with Gasteiger partial charge in [-0.05, 0) is 55.7 Å². The number of nitrogens with one attached hydrogen (secondary N) is 3. The molecule has 35 heavy (non-hydrogen) atoms. The predicted octanol–water partition coefficient (Wildman–Crippen LogP) is 6.15. The van der Waals surface area contributed by atoms with Gasteiger partial charge in [0.15, 0.2) is 0 Å². The maximum atomic E-state index is 13.7. The summed E-state index contributed by atoms with van der Waals surface area (Å²) in [5.41, 5.74) is -2.33. The number of carbonyl (C=O) groups is 2. The number of aryl methyl sites for hydroxylation is 1. The third-order valence-corrected chi connectivity index (χ3v) is 5.60. The number of hydrogen-bond acceptors (Lipinski definition) is 5. The van der Waals surface area contributed by atoms with Crippen molar-refractivity contribution in [2.45, 2.75) is 25.4 Å². The highest BCUT2D eigenvalue weighted by atomic mass is 35.5. The van der Waals surface area contributed by atoms with Gasteiger partial charge in [-0.3, -0.25) is 4.79 Å². The summed E-state index contributed by atoms with van der Waals surface area (Å²) in [7, 11) is 1.41. The quantitative estimate of drug-likeness (QED) is 0.325. The van der Waals surface area contributed by atoms with Gasteiger partial charge in [-0.1, -0.05) is 20.8 Å². The summed E-state index contributed by atoms with van der Waals surface area (Å²) in [6.07, 6.45) is 3.02. The molecule has 0 radical (unpaired) electrons. The summed E-state index contributed by atoms with van der Waals surface area (Å²) in [6.45, 7) is 1.81. The van der Waals surface area contributed by atoms with Crippen LogP contribution in [0, 0.1) is 12.8 Å². The Hall–Kier alpha value is -3.36. The summed E-state index contributed by atoms with van der Waals surface area (Å²) < 4.78 is 33.1. The first-order chi connectivity index (χ1) is 16.6. The Bertz CT molecular complexity index is 1280. The molecule has 182 valence electrons. The SMILES string of the molecule is Cc1cc(NC(=O)Nc2ccc(Cl)c(C(F)(F)P)c2)cc(Oc2cc(NC(=O)C3CC3)ncn2)c1. The van der Waals surface area contributed by atoms with E-state index in [1.165, 1.54) is 33.8 Å². The van der Waals surface area contributed by atoms with E-state index in [0.717, 1.165) is 24.5 Å². The van der Waals surface area contributed by atoms with Gasteiger partial charge in [-0.25, -0.2) is 14.8 Å². The number of halogens is 3. The largest absolute Gasteiger partial charge is 0.439 e. The van der Waals surface area contributed by atoms with Crippen LogP contribution in [-0.4, -0.2) is 21.9 Å². The van der Waals surface area contributed by atoms with Crippen LogP contribution < -0.4 is 20.7 Å². The number of alkyl halides is 2. The summed E-state index contributed by atoms with van der Waals surface area (Å²) >= 11 is 5.83. The van der Waals surface area contributed by atoms with Crippen molar-refractivity contribution in [1.82, 2.24) is 9.97 Å². The maximum absolute atomic E-state index is 13.7. The van der Waals surface area contributed by atoms with Crippen molar-refractivity contribution in [3.05, 3.63) is 64.9 Å². The van der Waals surface area contributed by atoms with E-state index in [9.17, 15) is 18.4 Å². The van der Waals surface area contributed by atoms with E-state index in [1.54, 1.807) is 18.2 Å². The van der Waals surface area contributed by atoms with Crippen molar-refractivity contribution in [2.24, 2.45) is 5.92 Å². The number of aromatic nitrogens is 2. The fraction of sp³-hybridized carbons (Fsp3) is 0.217. The molecule has 1 atom stereocenters. The van der Waals surface area contributed by atoms with Crippen LogP contribution in [0.5, 0.6) is 11.6 Å². The smallest absolute Gasteiger partial charge is 0.323 e. The van der Waals surface area contributed by atoms with E-state index in [2.05, 4.69) is 25.9 Å². The number of nitrogens with zero attached hydrogens (tertiary/aromatic N) is 2. The number of rotatable bonds is 7. The fourth-order valence-corrected chi connectivity index (χ4v) is 3.76. The third kappa shape index (κ3) is 6.83. The molecule has 12 heteroatoms. The standard InChI is InChI=1S/C23H21ClF2N5O3P/c1-12-6-15(30-22(33)29-14-4-5-18(24)17(9-14)23(25,26)35)8-16(7-12)34-20-10-19(27-11-28-20)31-21(32)13-2-3-13/h4-11,13H,2-3,35H2,1H3,(H2,29,30,33)(H,27,28,31,32). The zero-order chi connectivity index (χ0) is 25.2. The predicted molar refractivity (Wildman–Crippen MR) is 132 cm³/mol. The molecule has 3 aromatic rings. The van der Waals surface area contributed by atoms with Crippen LogP contribution in [0.4, 0.5) is 30.8 Å². The number of carbonyl (C=O) groups excluding carboxylic acids is 2. The summed E-state index contributed by atoms with van der Waals surface area (Å²) in [4.78, 5) is 32.5. The number of amides is 3. The molecule has 3 N–H and O–H groups in total. The minimum absolute atomic E-state index is 0.0303. The number of benzene rings is 2. The summed E-state index contributed by atoms with van der Waals surface area (Å²) in [6, 6.07) is 9.68. The average molecular weight is 520 g/mol. The minimum Gasteiger partial charge on any atom is -0.439 e. The zero-order valence-corrected chi connectivity index (χ0v) is 20.4. The molecule has 1 aliphatic rings. The lowest BCUT2D eigenvalue weighted by Crippen LogP contribution is -2.20. The molecule has 1 heterocycles. The molecule has 1 saturated carbocycles. The van der Waals surface area contributed by atoms with Crippen molar-refractivity contribution < 1.29 is 23.1 Å². The van der Waals surface area contributed by atoms with Crippen LogP contribution >= 0.6 is 20.8 Å². The van der Waals surface area contributed by atoms with Gasteiger partial charge in [-0.15, -0.1) is 0 Å². The molecule has 0 saturated heterocycles. The highest BCUT2D eigenvalue weighted by Gasteiger charge is 2.30. The second-order valence-corrected chi connectivity index (χ2v) is 9.17. The maximum Gasteiger partial charge on any atom is 0.323 e. The topological polar surface area (TPSA) is 105 Å². The molecule has 1 aliphatic carbocycles. The van der Waals surface area contributed by atoms with E-state index >= 15 is 0 Å². The first-order valence-electron chi connectivity index (χ1n) is 10.5. The van der Waals surface area contributed by atoms with Gasteiger partial charge in [0.2, 0.25) is 11.8 Å². The molecule has 3 amide bonds. The number of urea groups is 1. The Kier molecular flexibility index (Phi) is 7.14. The van der Waals surface area contributed by atoms with Crippen molar-refractivity contribution >= 4 is 50.0 Å². The monoisotopic (exact) mass is 519 g/mol. The first-order valence-corrected chi connectivity index (χ1v) is 11.5. The van der Waals surface area contributed by atoms with Gasteiger partial charge in [0.25, 0.3) is 5.66 Å². The molecule has 8 nitrogen and oxygen atoms in total. The van der Waals surface area contributed by atoms with Crippen molar-refractivity contribution in [1.29, 1.82) is 0 Å². The molecule has 2 aromatic carbocycles. The van der Waals surface area contributed by atoms with Gasteiger partial charge in [0.1, 0.15) is 17.9 Å². The highest BCUT2D eigenvalue weighted by Crippen LogP contribution is 2.40. The van der Waals surface area contributed by atoms with Crippen LogP contribution in [0.2, 0.25) is 5.02 Å². The van der Waals surface area contributed by atoms with E-state index in [-0.39, 0.29) is 28.4 Å². The minimum atomic E-state index is -3.24. The van der Waals surface area contributed by atoms with E-state index in [1.807, 2.05) is 6.92 Å². The number of ether oxygens (including phenoxy) is 1. The van der Waals surface area contributed by atoms with Crippen molar-refractivity contribution in [3.63, 3.8) is 0 Å². The normalized spacial score (nSPS) is 13.2. The summed E-state index contributed by atoms with van der Waals surface area (Å²) in [5, 5.41) is 7.76. The van der Waals surface area contributed by atoms with Gasteiger partial charge in [-0.2, -0.15) is 8.78 Å². The molecule has 1 aromatic heterocycles. The molecule has 0 spiro atoms. The number of hydrogen-bond donors (Lipinski definition) is 3. The molecule has 0 bridgehead atoms. The first kappa shape index (κ1) is 24.8. The van der Waals surface area contributed by atoms with E-state index in [4.69, 9.17) is 16.3 Å². The molecule has 0 aliphatic heterocycles. The van der Waals surface area contributed by atoms with Crippen LogP contribution in [0.1, 0.15) is 24.0 Å². The van der Waals surface area contributed by atoms with Crippen LogP contribution in [0.25, 0.3) is 0 Å². The second kappa shape index (κ2) is 10.1. The van der Waals surface area contributed by atoms with Crippen LogP contribution in [0.3, 0.4) is 0 Å². The zero-order valence-electron chi connectivity index (χ0n) is 18.4. The Morgan fingerprint density at radius 1 is 1.06 bits per heavy atom. The highest BCUT2D eigenvalue weighted by molar-refractivity contribution is 7.17. The third-order valence-electron chi connectivity index (χ3n) is 4.96. The van der Waals surface area contributed by atoms with Crippen LogP contribution in [0.15, 0.2) is 48.8 Å². The number of anilines is 3. The van der Waals surface area contributed by atoms with E-state index < -0.39 is 17.3 Å². The van der Waals surface area contributed by atoms with Gasteiger partial charge < -0.3 is 20.7 Å². The Morgan fingerprint density at radius 3 is 2.51 bits per heavy atom. The lowest BCUT2D eigenvalue weighted by atomic mass is 10.2. The lowest BCUT2D eigenvalue weighted by Gasteiger charge is -2.15. The van der Waals surface area contributed by atoms with Crippen molar-refractivity contribution in [3.8, 4) is 11.6 Å². The van der Waals surface area contributed by atoms with Crippen LogP contribution in [-0.2, 0) is 10.5 Å². The second-order valence-electron chi connectivity index (χ2n) is 8.04. The molecule has 1 unspecified atom stereocenters. The summed E-state index contributed by atoms with van der Waals surface area (Å²) in [5.74, 6) is 0.865. The Labute approximate surface area is 207 Å². The molecule has 4 rings (SSSR count). The van der Waals surface area contributed by atoms with E-state index in [0.29, 0.717) is 17.3 Å². The van der Waals surface area contributed by atoms with Gasteiger partial charge >= 0.3 is 6.03 Å². The Balaban J connectivity index is 1.43. The van der Waals surface area contributed by atoms with Gasteiger partial charge in [0.05, 0.1) is 5.02 Å². The molecular formula is C23H21ClF2N5O3P. The van der Waals surface area contributed by atoms with Crippen molar-refractivity contribution in [2.75, 3.05) is 16.0 Å². The average Bonchev–Trinajstić information content (AvgIpc) is 3.59. The molecular weight excluding hydrogens is 499 g/mol. The Morgan fingerprint density at radius 2 is 1.80 bits per heavy atom. The molecule has 1 fully saturated rings. The lowest BCUT2D eigenvalue weighted by molar-refractivity contribution is -0.117.